The fourth-order valence-electron chi connectivity index (χ4n) is 3.08. The Morgan fingerprint density at radius 1 is 1.00 bits per heavy atom. The largest absolute Gasteiger partial charge is 0.380 e. The predicted octanol–water partition coefficient (Wildman–Crippen LogP) is 1.62. The smallest absolute Gasteiger partial charge is 0.0593 e. The number of hydrogen-bond acceptors (Lipinski definition) is 4. The lowest BCUT2D eigenvalue weighted by molar-refractivity contribution is 0.0896. The van der Waals surface area contributed by atoms with Gasteiger partial charge in [0.2, 0.25) is 0 Å². The molecule has 0 aromatic rings. The third-order valence-corrected chi connectivity index (χ3v) is 4.09. The summed E-state index contributed by atoms with van der Waals surface area (Å²) in [5, 5.41) is 0. The molecule has 2 heterocycles. The third-order valence-electron chi connectivity index (χ3n) is 4.09. The maximum Gasteiger partial charge on any atom is 0.0593 e. The van der Waals surface area contributed by atoms with Crippen LogP contribution in [0.25, 0.3) is 0 Å². The lowest BCUT2D eigenvalue weighted by Gasteiger charge is -2.39. The van der Waals surface area contributed by atoms with Crippen molar-refractivity contribution in [3.8, 4) is 0 Å². The number of nitrogens with zero attached hydrogens (tertiary/aromatic N) is 3. The average molecular weight is 285 g/mol. The van der Waals surface area contributed by atoms with Gasteiger partial charge >= 0.3 is 0 Å². The molecule has 0 aromatic heterocycles. The molecule has 2 aliphatic rings. The van der Waals surface area contributed by atoms with Gasteiger partial charge < -0.3 is 14.5 Å². The molecule has 0 aromatic carbocycles. The first-order valence-electron chi connectivity index (χ1n) is 8.49. The first kappa shape index (κ1) is 17.9. The Bertz CT molecular complexity index is 232. The zero-order valence-electron chi connectivity index (χ0n) is 14.1. The highest BCUT2D eigenvalue weighted by Crippen LogP contribution is 2.15. The van der Waals surface area contributed by atoms with Crippen LogP contribution in [0.5, 0.6) is 0 Å². The highest BCUT2D eigenvalue weighted by atomic mass is 16.5. The number of hydrogen-bond donors (Lipinski definition) is 0. The van der Waals surface area contributed by atoms with Gasteiger partial charge in [0.05, 0.1) is 6.61 Å². The van der Waals surface area contributed by atoms with Gasteiger partial charge in [-0.1, -0.05) is 13.8 Å². The molecule has 4 nitrogen and oxygen atoms in total. The van der Waals surface area contributed by atoms with Crippen molar-refractivity contribution in [3.05, 3.63) is 0 Å². The molecule has 4 heteroatoms. The monoisotopic (exact) mass is 285 g/mol. The molecule has 0 atom stereocenters. The van der Waals surface area contributed by atoms with E-state index in [1.165, 1.54) is 52.2 Å². The van der Waals surface area contributed by atoms with Crippen LogP contribution in [0.3, 0.4) is 0 Å². The molecule has 2 aliphatic heterocycles. The molecule has 2 fully saturated rings. The van der Waals surface area contributed by atoms with Crippen molar-refractivity contribution in [1.82, 2.24) is 14.7 Å². The van der Waals surface area contributed by atoms with Crippen LogP contribution in [0.1, 0.15) is 27.2 Å². The number of ether oxygens (including phenoxy) is 1. The summed E-state index contributed by atoms with van der Waals surface area (Å²) in [5.41, 5.74) is 0. The summed E-state index contributed by atoms with van der Waals surface area (Å²) in [5.74, 6) is 0.921. The first-order valence-corrected chi connectivity index (χ1v) is 8.49. The normalized spacial score (nSPS) is 22.8. The van der Waals surface area contributed by atoms with Crippen molar-refractivity contribution >= 4 is 0 Å². The highest BCUT2D eigenvalue weighted by Gasteiger charge is 2.26. The van der Waals surface area contributed by atoms with Crippen LogP contribution < -0.4 is 0 Å². The lowest BCUT2D eigenvalue weighted by atomic mass is 10.0. The van der Waals surface area contributed by atoms with Crippen LogP contribution in [0.4, 0.5) is 0 Å². The topological polar surface area (TPSA) is 19.0 Å². The van der Waals surface area contributed by atoms with Gasteiger partial charge in [-0.05, 0) is 39.4 Å². The van der Waals surface area contributed by atoms with E-state index in [9.17, 15) is 0 Å². The molecule has 2 saturated heterocycles. The predicted molar refractivity (Wildman–Crippen MR) is 86.3 cm³/mol. The van der Waals surface area contributed by atoms with Crippen molar-refractivity contribution in [3.63, 3.8) is 0 Å². The first-order chi connectivity index (χ1) is 9.78. The Balaban J connectivity index is 0.000000956. The van der Waals surface area contributed by atoms with E-state index in [0.29, 0.717) is 0 Å². The molecule has 120 valence electrons. The van der Waals surface area contributed by atoms with E-state index < -0.39 is 0 Å². The van der Waals surface area contributed by atoms with Crippen LogP contribution in [0.15, 0.2) is 0 Å². The second-order valence-corrected chi connectivity index (χ2v) is 5.78. The van der Waals surface area contributed by atoms with Crippen LogP contribution in [0.2, 0.25) is 0 Å². The Morgan fingerprint density at radius 2 is 1.65 bits per heavy atom. The molecule has 0 N–H and O–H groups in total. The Labute approximate surface area is 126 Å². The van der Waals surface area contributed by atoms with Crippen molar-refractivity contribution in [1.29, 1.82) is 0 Å². The van der Waals surface area contributed by atoms with E-state index in [-0.39, 0.29) is 0 Å². The van der Waals surface area contributed by atoms with Crippen LogP contribution in [-0.2, 0) is 4.74 Å². The third kappa shape index (κ3) is 6.53. The van der Waals surface area contributed by atoms with Crippen LogP contribution in [0, 0.1) is 5.92 Å². The van der Waals surface area contributed by atoms with Crippen LogP contribution in [-0.4, -0.2) is 87.3 Å². The molecule has 20 heavy (non-hydrogen) atoms. The average Bonchev–Trinajstić information content (AvgIpc) is 2.65. The van der Waals surface area contributed by atoms with E-state index in [0.717, 1.165) is 25.7 Å². The van der Waals surface area contributed by atoms with Crippen LogP contribution >= 0.6 is 0 Å². The number of likely N-dealkylation sites (tertiary alicyclic amines) is 1. The highest BCUT2D eigenvalue weighted by molar-refractivity contribution is 4.81. The standard InChI is InChI=1S/C14H29N3O.C2H6/c1-3-18-10-9-16-5-4-6-17(8-7-16)13-14-11-15(2)12-14;1-2/h14H,3-13H2,1-2H3;1-2H3. The molecule has 0 aliphatic carbocycles. The van der Waals surface area contributed by atoms with Gasteiger partial charge in [-0.2, -0.15) is 0 Å². The summed E-state index contributed by atoms with van der Waals surface area (Å²) >= 11 is 0. The molecule has 0 spiro atoms. The fraction of sp³-hybridized carbons (Fsp3) is 1.00. The maximum atomic E-state index is 5.45. The molecule has 0 amide bonds. The molecule has 0 radical (unpaired) electrons. The second-order valence-electron chi connectivity index (χ2n) is 5.78. The summed E-state index contributed by atoms with van der Waals surface area (Å²) < 4.78 is 5.45. The Hall–Kier alpha value is -0.160. The maximum absolute atomic E-state index is 5.45. The van der Waals surface area contributed by atoms with E-state index in [1.54, 1.807) is 0 Å². The molecule has 2 rings (SSSR count). The minimum Gasteiger partial charge on any atom is -0.380 e. The van der Waals surface area contributed by atoms with Gasteiger partial charge in [0, 0.05) is 45.9 Å². The van der Waals surface area contributed by atoms with Gasteiger partial charge in [0.1, 0.15) is 0 Å². The van der Waals surface area contributed by atoms with E-state index in [2.05, 4.69) is 28.7 Å². The van der Waals surface area contributed by atoms with E-state index >= 15 is 0 Å². The molecule has 0 unspecified atom stereocenters. The fourth-order valence-corrected chi connectivity index (χ4v) is 3.08. The van der Waals surface area contributed by atoms with E-state index in [1.807, 2.05) is 13.8 Å². The van der Waals surface area contributed by atoms with Gasteiger partial charge in [-0.25, -0.2) is 0 Å². The summed E-state index contributed by atoms with van der Waals surface area (Å²) in [6.07, 6.45) is 1.31. The lowest BCUT2D eigenvalue weighted by Crippen LogP contribution is -2.49. The van der Waals surface area contributed by atoms with Gasteiger partial charge in [-0.3, -0.25) is 4.90 Å². The van der Waals surface area contributed by atoms with Crippen molar-refractivity contribution in [2.45, 2.75) is 27.2 Å². The second kappa shape index (κ2) is 10.6. The zero-order valence-corrected chi connectivity index (χ0v) is 14.1. The summed E-state index contributed by atoms with van der Waals surface area (Å²) in [7, 11) is 2.22. The molecule has 0 bridgehead atoms. The minimum absolute atomic E-state index is 0.842. The summed E-state index contributed by atoms with van der Waals surface area (Å²) in [6.45, 7) is 17.8. The van der Waals surface area contributed by atoms with E-state index in [4.69, 9.17) is 4.74 Å². The van der Waals surface area contributed by atoms with Crippen molar-refractivity contribution < 1.29 is 4.74 Å². The minimum atomic E-state index is 0.842. The van der Waals surface area contributed by atoms with Crippen molar-refractivity contribution in [2.75, 3.05) is 72.6 Å². The summed E-state index contributed by atoms with van der Waals surface area (Å²) in [4.78, 5) is 7.64. The SMILES string of the molecule is CC.CCOCCN1CCCN(CC2CN(C)C2)CC1. The quantitative estimate of drug-likeness (QED) is 0.690. The van der Waals surface area contributed by atoms with Gasteiger partial charge in [0.25, 0.3) is 0 Å². The Kier molecular flexibility index (Phi) is 9.44. The Morgan fingerprint density at radius 3 is 2.30 bits per heavy atom. The van der Waals surface area contributed by atoms with Crippen molar-refractivity contribution in [2.24, 2.45) is 5.92 Å². The molecular formula is C16H35N3O. The molecule has 0 saturated carbocycles. The number of rotatable bonds is 6. The van der Waals surface area contributed by atoms with Gasteiger partial charge in [-0.15, -0.1) is 0 Å². The van der Waals surface area contributed by atoms with Gasteiger partial charge in [0.15, 0.2) is 0 Å². The summed E-state index contributed by atoms with van der Waals surface area (Å²) in [6, 6.07) is 0. The zero-order chi connectivity index (χ0) is 14.8. The molecular weight excluding hydrogens is 250 g/mol.